The Balaban J connectivity index is 2.79. The first-order chi connectivity index (χ1) is 6.77. The maximum absolute atomic E-state index is 5.38. The van der Waals surface area contributed by atoms with Crippen LogP contribution in [0.25, 0.3) is 4.91 Å². The molecule has 1 heterocycles. The van der Waals surface area contributed by atoms with Crippen molar-refractivity contribution in [2.24, 2.45) is 0 Å². The van der Waals surface area contributed by atoms with Crippen molar-refractivity contribution in [2.45, 2.75) is 6.92 Å². The lowest BCUT2D eigenvalue weighted by Gasteiger charge is -2.02. The van der Waals surface area contributed by atoms with Crippen molar-refractivity contribution in [2.75, 3.05) is 4.84 Å². The maximum atomic E-state index is 5.38. The highest BCUT2D eigenvalue weighted by Crippen LogP contribution is 2.24. The maximum Gasteiger partial charge on any atom is 0.238 e. The van der Waals surface area contributed by atoms with E-state index in [1.165, 1.54) is 11.8 Å². The first-order valence-corrected chi connectivity index (χ1v) is 5.20. The Hall–Kier alpha value is -1.00. The van der Waals surface area contributed by atoms with E-state index < -0.39 is 0 Å². The number of thioether (sulfide) groups is 1. The smallest absolute Gasteiger partial charge is 0.238 e. The summed E-state index contributed by atoms with van der Waals surface area (Å²) in [7, 11) is 0. The van der Waals surface area contributed by atoms with Gasteiger partial charge in [-0.1, -0.05) is 24.4 Å². The van der Waals surface area contributed by atoms with Crippen molar-refractivity contribution < 1.29 is 0 Å². The molecule has 0 radical (unpaired) electrons. The van der Waals surface area contributed by atoms with E-state index in [2.05, 4.69) is 21.4 Å². The summed E-state index contributed by atoms with van der Waals surface area (Å²) in [6.07, 6.45) is 3.58. The van der Waals surface area contributed by atoms with Crippen molar-refractivity contribution in [1.82, 2.24) is 9.97 Å². The minimum atomic E-state index is 0.381. The summed E-state index contributed by atoms with van der Waals surface area (Å²) in [5.74, 6) is 0.381. The molecule has 0 aromatic carbocycles. The second kappa shape index (κ2) is 5.67. The van der Waals surface area contributed by atoms with Gasteiger partial charge in [0.15, 0.2) is 0 Å². The van der Waals surface area contributed by atoms with Crippen LogP contribution in [0.2, 0.25) is 0 Å². The highest BCUT2D eigenvalue weighted by atomic mass is 35.5. The van der Waals surface area contributed by atoms with E-state index in [1.807, 2.05) is 18.4 Å². The molecule has 0 unspecified atom stereocenters. The highest BCUT2D eigenvalue weighted by Gasteiger charge is 2.01. The van der Waals surface area contributed by atoms with Gasteiger partial charge in [0.25, 0.3) is 0 Å². The number of nitrogens with one attached hydrogen (secondary N) is 1. The predicted octanol–water partition coefficient (Wildman–Crippen LogP) is 3.28. The van der Waals surface area contributed by atoms with E-state index >= 15 is 0 Å². The molecule has 0 fully saturated rings. The number of nitrogens with zero attached hydrogens (tertiary/aromatic N) is 2. The third-order valence-corrected chi connectivity index (χ3v) is 2.44. The molecular formula is C9H10ClN3S. The van der Waals surface area contributed by atoms with Gasteiger partial charge in [-0.15, -0.1) is 0 Å². The van der Waals surface area contributed by atoms with E-state index in [1.54, 1.807) is 12.3 Å². The third kappa shape index (κ3) is 3.05. The summed E-state index contributed by atoms with van der Waals surface area (Å²) in [4.78, 5) is 11.3. The molecule has 1 aromatic heterocycles. The Labute approximate surface area is 92.4 Å². The molecule has 0 atom stereocenters. The first kappa shape index (κ1) is 11.1. The lowest BCUT2D eigenvalue weighted by molar-refractivity contribution is 1.17. The van der Waals surface area contributed by atoms with Gasteiger partial charge in [0.1, 0.15) is 0 Å². The molecule has 5 heteroatoms. The zero-order valence-electron chi connectivity index (χ0n) is 7.70. The van der Waals surface area contributed by atoms with Gasteiger partial charge in [-0.3, -0.25) is 4.84 Å². The van der Waals surface area contributed by atoms with Crippen LogP contribution in [0.3, 0.4) is 0 Å². The molecule has 0 aliphatic carbocycles. The number of halogens is 1. The lowest BCUT2D eigenvalue weighted by Crippen LogP contribution is -1.93. The topological polar surface area (TPSA) is 37.8 Å². The van der Waals surface area contributed by atoms with E-state index in [0.717, 1.165) is 10.6 Å². The SMILES string of the molecule is C=C(S/C=C\C)c1ccnc(NCl)n1. The third-order valence-electron chi connectivity index (χ3n) is 1.37. The molecule has 14 heavy (non-hydrogen) atoms. The van der Waals surface area contributed by atoms with Crippen LogP contribution >= 0.6 is 23.5 Å². The minimum Gasteiger partial charge on any atom is -0.266 e. The average Bonchev–Trinajstić information content (AvgIpc) is 2.26. The second-order valence-electron chi connectivity index (χ2n) is 2.37. The normalized spacial score (nSPS) is 10.4. The number of hydrogen-bond donors (Lipinski definition) is 1. The van der Waals surface area contributed by atoms with Crippen molar-refractivity contribution in [3.05, 3.63) is 36.0 Å². The molecule has 74 valence electrons. The number of hydrogen-bond acceptors (Lipinski definition) is 4. The van der Waals surface area contributed by atoms with Gasteiger partial charge in [0.05, 0.1) is 5.69 Å². The second-order valence-corrected chi connectivity index (χ2v) is 3.56. The van der Waals surface area contributed by atoms with Gasteiger partial charge in [-0.2, -0.15) is 0 Å². The lowest BCUT2D eigenvalue weighted by atomic mass is 10.4. The van der Waals surface area contributed by atoms with Crippen LogP contribution in [-0.4, -0.2) is 9.97 Å². The predicted molar refractivity (Wildman–Crippen MR) is 62.9 cm³/mol. The number of aromatic nitrogens is 2. The fourth-order valence-electron chi connectivity index (χ4n) is 0.770. The van der Waals surface area contributed by atoms with Crippen LogP contribution in [0.5, 0.6) is 0 Å². The van der Waals surface area contributed by atoms with E-state index in [9.17, 15) is 0 Å². The molecule has 0 bridgehead atoms. The molecule has 3 nitrogen and oxygen atoms in total. The monoisotopic (exact) mass is 227 g/mol. The van der Waals surface area contributed by atoms with Gasteiger partial charge in [-0.05, 0) is 18.4 Å². The summed E-state index contributed by atoms with van der Waals surface area (Å²) < 4.78 is 0. The highest BCUT2D eigenvalue weighted by molar-refractivity contribution is 8.10. The Kier molecular flexibility index (Phi) is 4.49. The van der Waals surface area contributed by atoms with Crippen molar-refractivity contribution in [3.8, 4) is 0 Å². The van der Waals surface area contributed by atoms with Gasteiger partial charge >= 0.3 is 0 Å². The molecule has 1 N–H and O–H groups in total. The molecule has 0 aliphatic heterocycles. The summed E-state index contributed by atoms with van der Waals surface area (Å²) in [6, 6.07) is 1.79. The molecule has 0 spiro atoms. The summed E-state index contributed by atoms with van der Waals surface area (Å²) in [5, 5.41) is 1.94. The molecule has 0 amide bonds. The largest absolute Gasteiger partial charge is 0.266 e. The van der Waals surface area contributed by atoms with Crippen LogP contribution in [0, 0.1) is 0 Å². The Morgan fingerprint density at radius 2 is 2.50 bits per heavy atom. The fourth-order valence-corrected chi connectivity index (χ4v) is 1.40. The van der Waals surface area contributed by atoms with E-state index in [-0.39, 0.29) is 0 Å². The molecule has 1 rings (SSSR count). The molecule has 0 aliphatic rings. The first-order valence-electron chi connectivity index (χ1n) is 3.94. The van der Waals surface area contributed by atoms with Gasteiger partial charge in [0.2, 0.25) is 5.95 Å². The van der Waals surface area contributed by atoms with E-state index in [4.69, 9.17) is 11.8 Å². The van der Waals surface area contributed by atoms with Crippen LogP contribution in [0.4, 0.5) is 5.95 Å². The van der Waals surface area contributed by atoms with Crippen molar-refractivity contribution in [3.63, 3.8) is 0 Å². The van der Waals surface area contributed by atoms with Crippen molar-refractivity contribution in [1.29, 1.82) is 0 Å². The number of anilines is 1. The summed E-state index contributed by atoms with van der Waals surface area (Å²) >= 11 is 6.90. The minimum absolute atomic E-state index is 0.381. The quantitative estimate of drug-likeness (QED) is 0.802. The van der Waals surface area contributed by atoms with Gasteiger partial charge in [-0.25, -0.2) is 9.97 Å². The fraction of sp³-hybridized carbons (Fsp3) is 0.111. The van der Waals surface area contributed by atoms with Crippen LogP contribution in [0.1, 0.15) is 12.6 Å². The van der Waals surface area contributed by atoms with Crippen molar-refractivity contribution >= 4 is 34.4 Å². The molecule has 0 saturated heterocycles. The summed E-state index contributed by atoms with van der Waals surface area (Å²) in [5.41, 5.74) is 0.770. The molecular weight excluding hydrogens is 218 g/mol. The summed E-state index contributed by atoms with van der Waals surface area (Å²) in [6.45, 7) is 5.84. The van der Waals surface area contributed by atoms with Crippen LogP contribution in [-0.2, 0) is 0 Å². The Bertz CT molecular complexity index is 352. The van der Waals surface area contributed by atoms with Crippen LogP contribution < -0.4 is 4.84 Å². The standard InChI is InChI=1S/C9H10ClN3S/c1-3-6-14-7(2)8-4-5-11-9(12-8)13-10/h3-6H,2H2,1H3,(H,11,12,13)/b6-3-. The molecule has 1 aromatic rings. The zero-order chi connectivity index (χ0) is 10.4. The van der Waals surface area contributed by atoms with Gasteiger partial charge in [0, 0.05) is 22.9 Å². The average molecular weight is 228 g/mol. The van der Waals surface area contributed by atoms with E-state index in [0.29, 0.717) is 5.95 Å². The number of allylic oxidation sites excluding steroid dienone is 1. The Morgan fingerprint density at radius 1 is 1.71 bits per heavy atom. The molecule has 0 saturated carbocycles. The number of rotatable bonds is 4. The zero-order valence-corrected chi connectivity index (χ0v) is 9.27. The Morgan fingerprint density at radius 3 is 3.14 bits per heavy atom. The van der Waals surface area contributed by atoms with Crippen LogP contribution in [0.15, 0.2) is 30.3 Å². The van der Waals surface area contributed by atoms with Gasteiger partial charge < -0.3 is 0 Å².